The summed E-state index contributed by atoms with van der Waals surface area (Å²) < 4.78 is 1.73. The fraction of sp³-hybridized carbons (Fsp3) is 0.0769. The van der Waals surface area contributed by atoms with Crippen LogP contribution in [0.4, 0.5) is 5.69 Å². The second-order valence-corrected chi connectivity index (χ2v) is 4.30. The van der Waals surface area contributed by atoms with Gasteiger partial charge >= 0.3 is 5.69 Å². The van der Waals surface area contributed by atoms with Crippen LogP contribution in [0, 0.1) is 10.1 Å². The fourth-order valence-electron chi connectivity index (χ4n) is 1.98. The molecule has 100 valence electrons. The quantitative estimate of drug-likeness (QED) is 0.581. The van der Waals surface area contributed by atoms with Crippen LogP contribution >= 0.6 is 0 Å². The Labute approximate surface area is 114 Å². The van der Waals surface area contributed by atoms with Crippen molar-refractivity contribution in [1.29, 1.82) is 0 Å². The lowest BCUT2D eigenvalue weighted by molar-refractivity contribution is -0.384. The maximum absolute atomic E-state index is 10.9. The minimum Gasteiger partial charge on any atom is -0.271 e. The van der Waals surface area contributed by atoms with E-state index in [0.29, 0.717) is 17.8 Å². The van der Waals surface area contributed by atoms with E-state index in [9.17, 15) is 10.1 Å². The van der Waals surface area contributed by atoms with Crippen LogP contribution < -0.4 is 0 Å². The molecule has 1 N–H and O–H groups in total. The van der Waals surface area contributed by atoms with Gasteiger partial charge < -0.3 is 0 Å². The van der Waals surface area contributed by atoms with Crippen molar-refractivity contribution in [3.05, 3.63) is 64.6 Å². The number of nitro groups is 1. The van der Waals surface area contributed by atoms with E-state index in [2.05, 4.69) is 15.3 Å². The van der Waals surface area contributed by atoms with Crippen molar-refractivity contribution in [3.63, 3.8) is 0 Å². The minimum atomic E-state index is -0.465. The van der Waals surface area contributed by atoms with Crippen molar-refractivity contribution in [2.75, 3.05) is 0 Å². The molecule has 0 saturated heterocycles. The molecular formula is C13H11N5O2. The monoisotopic (exact) mass is 269 g/mol. The highest BCUT2D eigenvalue weighted by Crippen LogP contribution is 2.26. The summed E-state index contributed by atoms with van der Waals surface area (Å²) in [7, 11) is 0. The van der Waals surface area contributed by atoms with Gasteiger partial charge in [0.1, 0.15) is 11.9 Å². The second-order valence-electron chi connectivity index (χ2n) is 4.30. The Bertz CT molecular complexity index is 732. The van der Waals surface area contributed by atoms with Gasteiger partial charge in [-0.25, -0.2) is 0 Å². The highest BCUT2D eigenvalue weighted by molar-refractivity contribution is 5.67. The van der Waals surface area contributed by atoms with E-state index in [-0.39, 0.29) is 5.69 Å². The number of H-pyrrole nitrogens is 1. The maximum atomic E-state index is 10.9. The van der Waals surface area contributed by atoms with Gasteiger partial charge in [0, 0.05) is 11.8 Å². The molecule has 2 aromatic heterocycles. The summed E-state index contributed by atoms with van der Waals surface area (Å²) in [6, 6.07) is 9.87. The number of nitrogens with zero attached hydrogens (tertiary/aromatic N) is 4. The summed E-state index contributed by atoms with van der Waals surface area (Å²) in [5.74, 6) is 0. The van der Waals surface area contributed by atoms with Crippen LogP contribution in [0.2, 0.25) is 0 Å². The first-order chi connectivity index (χ1) is 9.74. The Kier molecular flexibility index (Phi) is 3.00. The van der Waals surface area contributed by atoms with Crippen LogP contribution in [0.5, 0.6) is 0 Å². The third-order valence-electron chi connectivity index (χ3n) is 2.93. The van der Waals surface area contributed by atoms with Crippen LogP contribution in [-0.4, -0.2) is 24.9 Å². The van der Waals surface area contributed by atoms with Gasteiger partial charge in [0.25, 0.3) is 0 Å². The number of hydrogen-bond acceptors (Lipinski definition) is 4. The molecule has 0 atom stereocenters. The van der Waals surface area contributed by atoms with E-state index >= 15 is 0 Å². The first-order valence-corrected chi connectivity index (χ1v) is 5.98. The van der Waals surface area contributed by atoms with Crippen molar-refractivity contribution in [1.82, 2.24) is 20.0 Å². The Morgan fingerprint density at radius 1 is 1.25 bits per heavy atom. The zero-order chi connectivity index (χ0) is 13.9. The standard InChI is InChI=1S/C13H11N5O2/c19-18(20)12-7-14-16-13(12)11-6-15-17(9-11)8-10-4-2-1-3-5-10/h1-7,9H,8H2,(H,14,16). The molecule has 0 aliphatic carbocycles. The molecule has 0 radical (unpaired) electrons. The zero-order valence-corrected chi connectivity index (χ0v) is 10.4. The lowest BCUT2D eigenvalue weighted by Crippen LogP contribution is -1.99. The summed E-state index contributed by atoms with van der Waals surface area (Å²) >= 11 is 0. The van der Waals surface area contributed by atoms with Gasteiger partial charge in [-0.1, -0.05) is 30.3 Å². The molecule has 0 aliphatic heterocycles. The van der Waals surface area contributed by atoms with Gasteiger partial charge in [0.2, 0.25) is 0 Å². The smallest absolute Gasteiger partial charge is 0.271 e. The first-order valence-electron chi connectivity index (χ1n) is 5.98. The Morgan fingerprint density at radius 2 is 2.05 bits per heavy atom. The highest BCUT2D eigenvalue weighted by atomic mass is 16.6. The Balaban J connectivity index is 1.87. The van der Waals surface area contributed by atoms with Gasteiger partial charge in [-0.3, -0.25) is 19.9 Å². The molecule has 1 aromatic carbocycles. The molecule has 2 heterocycles. The van der Waals surface area contributed by atoms with E-state index in [1.54, 1.807) is 17.1 Å². The van der Waals surface area contributed by atoms with Crippen LogP contribution in [0.3, 0.4) is 0 Å². The molecule has 0 fully saturated rings. The molecule has 3 aromatic rings. The number of hydrogen-bond donors (Lipinski definition) is 1. The molecule has 0 bridgehead atoms. The van der Waals surface area contributed by atoms with E-state index in [1.807, 2.05) is 30.3 Å². The Hall–Kier alpha value is -2.96. The normalized spacial score (nSPS) is 10.6. The van der Waals surface area contributed by atoms with Gasteiger partial charge in [-0.2, -0.15) is 10.2 Å². The summed E-state index contributed by atoms with van der Waals surface area (Å²) in [5.41, 5.74) is 2.07. The molecule has 0 unspecified atom stereocenters. The first kappa shape index (κ1) is 12.1. The van der Waals surface area contributed by atoms with Gasteiger partial charge in [0.05, 0.1) is 17.7 Å². The average molecular weight is 269 g/mol. The van der Waals surface area contributed by atoms with Gasteiger partial charge in [0.15, 0.2) is 0 Å². The number of aromatic nitrogens is 4. The summed E-state index contributed by atoms with van der Waals surface area (Å²) in [5, 5.41) is 21.4. The van der Waals surface area contributed by atoms with E-state index in [0.717, 1.165) is 5.56 Å². The molecule has 0 amide bonds. The summed E-state index contributed by atoms with van der Waals surface area (Å²) in [4.78, 5) is 10.4. The number of rotatable bonds is 4. The third kappa shape index (κ3) is 2.28. The Morgan fingerprint density at radius 3 is 2.80 bits per heavy atom. The molecule has 7 heteroatoms. The van der Waals surface area contributed by atoms with Crippen LogP contribution in [0.25, 0.3) is 11.3 Å². The predicted octanol–water partition coefficient (Wildman–Crippen LogP) is 2.23. The van der Waals surface area contributed by atoms with Crippen molar-refractivity contribution >= 4 is 5.69 Å². The molecule has 7 nitrogen and oxygen atoms in total. The molecular weight excluding hydrogens is 258 g/mol. The lowest BCUT2D eigenvalue weighted by Gasteiger charge is -2.00. The number of benzene rings is 1. The van der Waals surface area contributed by atoms with Crippen LogP contribution in [0.15, 0.2) is 48.9 Å². The van der Waals surface area contributed by atoms with Gasteiger partial charge in [-0.05, 0) is 5.56 Å². The average Bonchev–Trinajstić information content (AvgIpc) is 3.07. The molecule has 20 heavy (non-hydrogen) atoms. The number of nitrogens with one attached hydrogen (secondary N) is 1. The molecule has 0 aliphatic rings. The summed E-state index contributed by atoms with van der Waals surface area (Å²) in [6.45, 7) is 0.614. The predicted molar refractivity (Wildman–Crippen MR) is 72.0 cm³/mol. The van der Waals surface area contributed by atoms with E-state index in [4.69, 9.17) is 0 Å². The molecule has 0 saturated carbocycles. The minimum absolute atomic E-state index is 0.0516. The van der Waals surface area contributed by atoms with Crippen molar-refractivity contribution in [2.45, 2.75) is 6.54 Å². The topological polar surface area (TPSA) is 89.6 Å². The summed E-state index contributed by atoms with van der Waals surface area (Å²) in [6.07, 6.45) is 4.54. The lowest BCUT2D eigenvalue weighted by atomic mass is 10.2. The van der Waals surface area contributed by atoms with E-state index in [1.165, 1.54) is 6.20 Å². The molecule has 0 spiro atoms. The van der Waals surface area contributed by atoms with Gasteiger partial charge in [-0.15, -0.1) is 0 Å². The highest BCUT2D eigenvalue weighted by Gasteiger charge is 2.18. The third-order valence-corrected chi connectivity index (χ3v) is 2.93. The van der Waals surface area contributed by atoms with Crippen molar-refractivity contribution in [3.8, 4) is 11.3 Å². The SMILES string of the molecule is O=[N+]([O-])c1cn[nH]c1-c1cnn(Cc2ccccc2)c1. The van der Waals surface area contributed by atoms with Crippen LogP contribution in [-0.2, 0) is 6.54 Å². The fourth-order valence-corrected chi connectivity index (χ4v) is 1.98. The van der Waals surface area contributed by atoms with E-state index < -0.39 is 4.92 Å². The number of aromatic amines is 1. The maximum Gasteiger partial charge on any atom is 0.314 e. The largest absolute Gasteiger partial charge is 0.314 e. The second kappa shape index (κ2) is 4.96. The zero-order valence-electron chi connectivity index (χ0n) is 10.4. The van der Waals surface area contributed by atoms with Crippen molar-refractivity contribution < 1.29 is 4.92 Å². The molecule has 3 rings (SSSR count). The van der Waals surface area contributed by atoms with Crippen molar-refractivity contribution in [2.24, 2.45) is 0 Å². The van der Waals surface area contributed by atoms with Crippen LogP contribution in [0.1, 0.15) is 5.56 Å².